The minimum Gasteiger partial charge on any atom is -0.444 e. The molecule has 0 aliphatic heterocycles. The van der Waals surface area contributed by atoms with Gasteiger partial charge in [0.1, 0.15) is 5.60 Å². The first-order valence-electron chi connectivity index (χ1n) is 8.17. The van der Waals surface area contributed by atoms with Gasteiger partial charge < -0.3 is 15.6 Å². The molecule has 0 spiro atoms. The van der Waals surface area contributed by atoms with Gasteiger partial charge in [0.05, 0.1) is 6.10 Å². The van der Waals surface area contributed by atoms with Gasteiger partial charge in [-0.25, -0.2) is 4.79 Å². The zero-order valence-corrected chi connectivity index (χ0v) is 14.5. The van der Waals surface area contributed by atoms with Crippen LogP contribution < -0.4 is 11.1 Å². The van der Waals surface area contributed by atoms with Gasteiger partial charge in [-0.2, -0.15) is 0 Å². The summed E-state index contributed by atoms with van der Waals surface area (Å²) in [6.45, 7) is 7.44. The van der Waals surface area contributed by atoms with E-state index in [1.54, 1.807) is 0 Å². The Hall–Kier alpha value is -1.59. The first kappa shape index (κ1) is 17.8. The van der Waals surface area contributed by atoms with Crippen molar-refractivity contribution in [3.63, 3.8) is 0 Å². The Morgan fingerprint density at radius 1 is 1.35 bits per heavy atom. The van der Waals surface area contributed by atoms with E-state index in [2.05, 4.69) is 5.32 Å². The zero-order valence-electron chi connectivity index (χ0n) is 14.5. The molecule has 5 nitrogen and oxygen atoms in total. The van der Waals surface area contributed by atoms with Crippen LogP contribution in [0.25, 0.3) is 0 Å². The highest BCUT2D eigenvalue weighted by Gasteiger charge is 2.32. The number of hydrogen-bond acceptors (Lipinski definition) is 4. The van der Waals surface area contributed by atoms with Crippen LogP contribution in [0.1, 0.15) is 57.6 Å². The lowest BCUT2D eigenvalue weighted by Gasteiger charge is -2.36. The third kappa shape index (κ3) is 4.69. The molecule has 1 aromatic carbocycles. The number of hydrogen-bond donors (Lipinski definition) is 3. The lowest BCUT2D eigenvalue weighted by atomic mass is 9.76. The Morgan fingerprint density at radius 2 is 1.96 bits per heavy atom. The van der Waals surface area contributed by atoms with Crippen molar-refractivity contribution in [2.24, 2.45) is 5.73 Å². The average Bonchev–Trinajstić information content (AvgIpc) is 2.42. The van der Waals surface area contributed by atoms with E-state index in [9.17, 15) is 9.90 Å². The number of rotatable bonds is 2. The van der Waals surface area contributed by atoms with Gasteiger partial charge in [0, 0.05) is 11.2 Å². The van der Waals surface area contributed by atoms with Crippen LogP contribution in [0.4, 0.5) is 10.5 Å². The third-order valence-electron chi connectivity index (χ3n) is 4.28. The van der Waals surface area contributed by atoms with E-state index >= 15 is 0 Å². The predicted molar refractivity (Wildman–Crippen MR) is 91.4 cm³/mol. The molecule has 1 fully saturated rings. The molecular weight excluding hydrogens is 292 g/mol. The molecule has 2 rings (SSSR count). The van der Waals surface area contributed by atoms with Crippen LogP contribution in [0.2, 0.25) is 0 Å². The second-order valence-electron chi connectivity index (χ2n) is 7.54. The van der Waals surface area contributed by atoms with Crippen molar-refractivity contribution in [1.82, 2.24) is 0 Å². The summed E-state index contributed by atoms with van der Waals surface area (Å²) in [6, 6.07) is 5.84. The molecule has 23 heavy (non-hydrogen) atoms. The van der Waals surface area contributed by atoms with Crippen molar-refractivity contribution in [2.45, 2.75) is 70.6 Å². The number of aliphatic hydroxyl groups is 1. The van der Waals surface area contributed by atoms with E-state index in [0.717, 1.165) is 42.5 Å². The van der Waals surface area contributed by atoms with Crippen LogP contribution >= 0.6 is 0 Å². The standard InChI is InChI=1S/C18H28N2O3/c1-12-11-13(18(19)9-7-14(21)8-10-18)5-6-15(12)20-16(22)23-17(2,3)4/h5-6,11,14,21H,7-10,19H2,1-4H3,(H,20,22). The van der Waals surface area contributed by atoms with Crippen molar-refractivity contribution in [2.75, 3.05) is 5.32 Å². The van der Waals surface area contributed by atoms with E-state index in [1.807, 2.05) is 45.9 Å². The maximum absolute atomic E-state index is 11.9. The normalized spacial score (nSPS) is 25.0. The highest BCUT2D eigenvalue weighted by molar-refractivity contribution is 5.86. The SMILES string of the molecule is Cc1cc(C2(N)CCC(O)CC2)ccc1NC(=O)OC(C)(C)C. The average molecular weight is 320 g/mol. The van der Waals surface area contributed by atoms with Crippen LogP contribution in [-0.4, -0.2) is 22.9 Å². The van der Waals surface area contributed by atoms with E-state index in [4.69, 9.17) is 10.5 Å². The number of amides is 1. The van der Waals surface area contributed by atoms with Gasteiger partial charge in [0.15, 0.2) is 0 Å². The monoisotopic (exact) mass is 320 g/mol. The van der Waals surface area contributed by atoms with Gasteiger partial charge >= 0.3 is 6.09 Å². The summed E-state index contributed by atoms with van der Waals surface area (Å²) in [5.74, 6) is 0. The fourth-order valence-corrected chi connectivity index (χ4v) is 2.93. The number of aliphatic hydroxyl groups excluding tert-OH is 1. The molecule has 4 N–H and O–H groups in total. The quantitative estimate of drug-likeness (QED) is 0.779. The molecule has 0 atom stereocenters. The summed E-state index contributed by atoms with van der Waals surface area (Å²) in [5.41, 5.74) is 8.33. The van der Waals surface area contributed by atoms with Crippen molar-refractivity contribution in [3.8, 4) is 0 Å². The number of nitrogens with two attached hydrogens (primary N) is 1. The van der Waals surface area contributed by atoms with Crippen LogP contribution in [0.5, 0.6) is 0 Å². The summed E-state index contributed by atoms with van der Waals surface area (Å²) in [6.07, 6.45) is 2.30. The van der Waals surface area contributed by atoms with E-state index in [0.29, 0.717) is 0 Å². The fraction of sp³-hybridized carbons (Fsp3) is 0.611. The van der Waals surface area contributed by atoms with Gasteiger partial charge in [0.25, 0.3) is 0 Å². The largest absolute Gasteiger partial charge is 0.444 e. The number of aryl methyl sites for hydroxylation is 1. The molecule has 128 valence electrons. The van der Waals surface area contributed by atoms with Gasteiger partial charge in [-0.15, -0.1) is 0 Å². The molecule has 1 amide bonds. The fourth-order valence-electron chi connectivity index (χ4n) is 2.93. The molecule has 1 saturated carbocycles. The van der Waals surface area contributed by atoms with Crippen LogP contribution in [-0.2, 0) is 10.3 Å². The maximum atomic E-state index is 11.9. The topological polar surface area (TPSA) is 84.6 Å². The van der Waals surface area contributed by atoms with Gasteiger partial charge in [0.2, 0.25) is 0 Å². The van der Waals surface area contributed by atoms with Crippen LogP contribution in [0.3, 0.4) is 0 Å². The van der Waals surface area contributed by atoms with Crippen molar-refractivity contribution < 1.29 is 14.6 Å². The summed E-state index contributed by atoms with van der Waals surface area (Å²) in [4.78, 5) is 11.9. The number of anilines is 1. The summed E-state index contributed by atoms with van der Waals surface area (Å²) >= 11 is 0. The third-order valence-corrected chi connectivity index (χ3v) is 4.28. The Morgan fingerprint density at radius 3 is 2.48 bits per heavy atom. The molecule has 5 heteroatoms. The number of nitrogens with one attached hydrogen (secondary N) is 1. The molecule has 0 heterocycles. The number of ether oxygens (including phenoxy) is 1. The van der Waals surface area contributed by atoms with Gasteiger partial charge in [-0.1, -0.05) is 12.1 Å². The molecular formula is C18H28N2O3. The van der Waals surface area contributed by atoms with E-state index < -0.39 is 17.2 Å². The van der Waals surface area contributed by atoms with Crippen molar-refractivity contribution in [3.05, 3.63) is 29.3 Å². The van der Waals surface area contributed by atoms with E-state index in [1.165, 1.54) is 0 Å². The molecule has 1 aromatic rings. The Bertz CT molecular complexity index is 570. The molecule has 1 aliphatic carbocycles. The molecule has 0 unspecified atom stereocenters. The maximum Gasteiger partial charge on any atom is 0.412 e. The molecule has 0 aromatic heterocycles. The number of benzene rings is 1. The lowest BCUT2D eigenvalue weighted by Crippen LogP contribution is -2.41. The molecule has 1 aliphatic rings. The molecule has 0 bridgehead atoms. The Labute approximate surface area is 138 Å². The lowest BCUT2D eigenvalue weighted by molar-refractivity contribution is 0.0635. The summed E-state index contributed by atoms with van der Waals surface area (Å²) in [5, 5.41) is 12.4. The van der Waals surface area contributed by atoms with Crippen LogP contribution in [0, 0.1) is 6.92 Å². The molecule has 0 radical (unpaired) electrons. The summed E-state index contributed by atoms with van der Waals surface area (Å²) < 4.78 is 5.27. The Balaban J connectivity index is 2.10. The number of carbonyl (C=O) groups excluding carboxylic acids is 1. The summed E-state index contributed by atoms with van der Waals surface area (Å²) in [7, 11) is 0. The first-order chi connectivity index (χ1) is 10.6. The van der Waals surface area contributed by atoms with E-state index in [-0.39, 0.29) is 6.10 Å². The van der Waals surface area contributed by atoms with Crippen molar-refractivity contribution >= 4 is 11.8 Å². The predicted octanol–water partition coefficient (Wildman–Crippen LogP) is 3.43. The highest BCUT2D eigenvalue weighted by Crippen LogP contribution is 2.36. The minimum atomic E-state index is -0.526. The smallest absolute Gasteiger partial charge is 0.412 e. The van der Waals surface area contributed by atoms with Crippen LogP contribution in [0.15, 0.2) is 18.2 Å². The minimum absolute atomic E-state index is 0.235. The first-order valence-corrected chi connectivity index (χ1v) is 8.17. The van der Waals surface area contributed by atoms with Gasteiger partial charge in [-0.3, -0.25) is 5.32 Å². The highest BCUT2D eigenvalue weighted by atomic mass is 16.6. The Kier molecular flexibility index (Phi) is 5.01. The van der Waals surface area contributed by atoms with Crippen molar-refractivity contribution in [1.29, 1.82) is 0 Å². The second kappa shape index (κ2) is 6.49. The number of carbonyl (C=O) groups is 1. The zero-order chi connectivity index (χ0) is 17.3. The second-order valence-corrected chi connectivity index (χ2v) is 7.54. The van der Waals surface area contributed by atoms with Gasteiger partial charge in [-0.05, 0) is 70.6 Å². The molecule has 0 saturated heterocycles.